The molecule has 0 aromatic heterocycles. The van der Waals surface area contributed by atoms with Crippen molar-refractivity contribution in [3.63, 3.8) is 0 Å². The molecule has 0 amide bonds. The summed E-state index contributed by atoms with van der Waals surface area (Å²) < 4.78 is 16.8. The third-order valence-electron chi connectivity index (χ3n) is 11.8. The van der Waals surface area contributed by atoms with E-state index in [-0.39, 0.29) is 31.1 Å². The molecule has 366 valence electrons. The SMILES string of the molecule is CCCCC/C=C\C/C=C\CCCCCCCCCC(=O)OC[C@@H](COC(=O)CCCCCCC/C=C\C/C=C\CCCCC)OC(=O)CCCCCCCCCCCCCCC. The molecule has 0 aliphatic heterocycles. The van der Waals surface area contributed by atoms with Crippen molar-refractivity contribution in [1.82, 2.24) is 0 Å². The highest BCUT2D eigenvalue weighted by Gasteiger charge is 2.19. The first kappa shape index (κ1) is 60.4. The second kappa shape index (κ2) is 52.0. The summed E-state index contributed by atoms with van der Waals surface area (Å²) >= 11 is 0. The van der Waals surface area contributed by atoms with Gasteiger partial charge in [0.15, 0.2) is 6.10 Å². The Morgan fingerprint density at radius 3 is 0.905 bits per heavy atom. The van der Waals surface area contributed by atoms with Crippen molar-refractivity contribution < 1.29 is 28.6 Å². The van der Waals surface area contributed by atoms with E-state index in [9.17, 15) is 14.4 Å². The minimum Gasteiger partial charge on any atom is -0.462 e. The number of ether oxygens (including phenoxy) is 3. The molecule has 0 fully saturated rings. The topological polar surface area (TPSA) is 78.9 Å². The van der Waals surface area contributed by atoms with Crippen LogP contribution in [-0.4, -0.2) is 37.2 Å². The lowest BCUT2D eigenvalue weighted by molar-refractivity contribution is -0.167. The Kier molecular flexibility index (Phi) is 49.8. The van der Waals surface area contributed by atoms with Gasteiger partial charge in [0.05, 0.1) is 0 Å². The van der Waals surface area contributed by atoms with Crippen LogP contribution in [0.5, 0.6) is 0 Å². The minimum absolute atomic E-state index is 0.0795. The van der Waals surface area contributed by atoms with Gasteiger partial charge in [0.2, 0.25) is 0 Å². The van der Waals surface area contributed by atoms with Gasteiger partial charge in [0.1, 0.15) is 13.2 Å². The zero-order valence-corrected chi connectivity index (χ0v) is 41.8. The third kappa shape index (κ3) is 50.2. The normalized spacial score (nSPS) is 12.4. The van der Waals surface area contributed by atoms with E-state index in [2.05, 4.69) is 69.4 Å². The Bertz CT molecular complexity index is 1110. The van der Waals surface area contributed by atoms with Gasteiger partial charge in [-0.1, -0.05) is 223 Å². The Morgan fingerprint density at radius 1 is 0.317 bits per heavy atom. The number of esters is 3. The van der Waals surface area contributed by atoms with Crippen molar-refractivity contribution in [3.8, 4) is 0 Å². The molecule has 0 aliphatic rings. The summed E-state index contributed by atoms with van der Waals surface area (Å²) in [5, 5.41) is 0. The second-order valence-corrected chi connectivity index (χ2v) is 18.1. The lowest BCUT2D eigenvalue weighted by Gasteiger charge is -2.18. The van der Waals surface area contributed by atoms with Crippen LogP contribution < -0.4 is 0 Å². The van der Waals surface area contributed by atoms with Crippen molar-refractivity contribution in [2.75, 3.05) is 13.2 Å². The molecule has 0 aliphatic carbocycles. The fourth-order valence-corrected chi connectivity index (χ4v) is 7.68. The molecule has 0 spiro atoms. The maximum absolute atomic E-state index is 12.8. The zero-order chi connectivity index (χ0) is 45.8. The molecule has 0 unspecified atom stereocenters. The van der Waals surface area contributed by atoms with Crippen LogP contribution in [0.4, 0.5) is 0 Å². The molecule has 6 nitrogen and oxygen atoms in total. The Labute approximate surface area is 390 Å². The average molecular weight is 883 g/mol. The average Bonchev–Trinajstić information content (AvgIpc) is 3.28. The quantitative estimate of drug-likeness (QED) is 0.0262. The lowest BCUT2D eigenvalue weighted by Crippen LogP contribution is -2.30. The largest absolute Gasteiger partial charge is 0.462 e. The molecule has 0 saturated carbocycles. The molecule has 0 heterocycles. The molecule has 0 N–H and O–H groups in total. The monoisotopic (exact) mass is 883 g/mol. The smallest absolute Gasteiger partial charge is 0.306 e. The van der Waals surface area contributed by atoms with E-state index in [4.69, 9.17) is 14.2 Å². The van der Waals surface area contributed by atoms with Gasteiger partial charge in [-0.2, -0.15) is 0 Å². The predicted molar refractivity (Wildman–Crippen MR) is 270 cm³/mol. The molecule has 0 aromatic rings. The van der Waals surface area contributed by atoms with Gasteiger partial charge < -0.3 is 14.2 Å². The summed E-state index contributed by atoms with van der Waals surface area (Å²) in [6.45, 7) is 6.59. The molecule has 0 aromatic carbocycles. The first-order valence-electron chi connectivity index (χ1n) is 27.1. The molecule has 6 heteroatoms. The van der Waals surface area contributed by atoms with Gasteiger partial charge in [-0.15, -0.1) is 0 Å². The van der Waals surface area contributed by atoms with Gasteiger partial charge >= 0.3 is 17.9 Å². The van der Waals surface area contributed by atoms with E-state index in [0.717, 1.165) is 89.9 Å². The maximum atomic E-state index is 12.8. The van der Waals surface area contributed by atoms with Crippen LogP contribution in [0.1, 0.15) is 278 Å². The molecule has 0 radical (unpaired) electrons. The van der Waals surface area contributed by atoms with Crippen molar-refractivity contribution in [2.45, 2.75) is 284 Å². The molecule has 1 atom stereocenters. The molecule has 63 heavy (non-hydrogen) atoms. The molecule has 0 bridgehead atoms. The summed E-state index contributed by atoms with van der Waals surface area (Å²) in [5.74, 6) is -0.890. The summed E-state index contributed by atoms with van der Waals surface area (Å²) in [6.07, 6.45) is 62.3. The summed E-state index contributed by atoms with van der Waals surface area (Å²) in [7, 11) is 0. The fraction of sp³-hybridized carbons (Fsp3) is 0.807. The van der Waals surface area contributed by atoms with Crippen LogP contribution >= 0.6 is 0 Å². The van der Waals surface area contributed by atoms with Crippen molar-refractivity contribution in [2.24, 2.45) is 0 Å². The van der Waals surface area contributed by atoms with Gasteiger partial charge in [0, 0.05) is 19.3 Å². The van der Waals surface area contributed by atoms with E-state index in [1.807, 2.05) is 0 Å². The number of carbonyl (C=O) groups excluding carboxylic acids is 3. The van der Waals surface area contributed by atoms with E-state index in [1.54, 1.807) is 0 Å². The summed E-state index contributed by atoms with van der Waals surface area (Å²) in [5.41, 5.74) is 0. The fourth-order valence-electron chi connectivity index (χ4n) is 7.68. The molecule has 0 saturated heterocycles. The summed E-state index contributed by atoms with van der Waals surface area (Å²) in [4.78, 5) is 38.0. The van der Waals surface area contributed by atoms with Crippen LogP contribution in [0.15, 0.2) is 48.6 Å². The Morgan fingerprint density at radius 2 is 0.571 bits per heavy atom. The third-order valence-corrected chi connectivity index (χ3v) is 11.8. The second-order valence-electron chi connectivity index (χ2n) is 18.1. The van der Waals surface area contributed by atoms with E-state index in [0.29, 0.717) is 19.3 Å². The predicted octanol–water partition coefficient (Wildman–Crippen LogP) is 17.9. The van der Waals surface area contributed by atoms with E-state index >= 15 is 0 Å². The Balaban J connectivity index is 4.38. The molecular formula is C57H102O6. The number of allylic oxidation sites excluding steroid dienone is 8. The standard InChI is InChI=1S/C57H102O6/c1-4-7-10-13-16-19-22-25-27-28-30-33-35-38-41-44-47-50-56(59)62-53-54(63-57(60)51-48-45-42-39-36-31-24-21-18-15-12-9-6-3)52-61-55(58)49-46-43-40-37-34-32-29-26-23-20-17-14-11-8-5-2/h16-17,19-20,25-27,29,54H,4-15,18,21-24,28,30-53H2,1-3H3/b19-16-,20-17-,27-25-,29-26-/t54-/m1/s1. The van der Waals surface area contributed by atoms with Gasteiger partial charge in [-0.3, -0.25) is 14.4 Å². The van der Waals surface area contributed by atoms with Crippen LogP contribution in [0.3, 0.4) is 0 Å². The molecule has 0 rings (SSSR count). The highest BCUT2D eigenvalue weighted by Crippen LogP contribution is 2.15. The Hall–Kier alpha value is -2.63. The first-order chi connectivity index (χ1) is 31.0. The number of unbranched alkanes of at least 4 members (excludes halogenated alkanes) is 30. The lowest BCUT2D eigenvalue weighted by atomic mass is 10.0. The van der Waals surface area contributed by atoms with Gasteiger partial charge in [0.25, 0.3) is 0 Å². The van der Waals surface area contributed by atoms with E-state index in [1.165, 1.54) is 148 Å². The minimum atomic E-state index is -0.779. The van der Waals surface area contributed by atoms with Crippen LogP contribution in [0, 0.1) is 0 Å². The van der Waals surface area contributed by atoms with Crippen molar-refractivity contribution >= 4 is 17.9 Å². The zero-order valence-electron chi connectivity index (χ0n) is 41.8. The van der Waals surface area contributed by atoms with Crippen molar-refractivity contribution in [3.05, 3.63) is 48.6 Å². The highest BCUT2D eigenvalue weighted by molar-refractivity contribution is 5.71. The number of hydrogen-bond donors (Lipinski definition) is 0. The van der Waals surface area contributed by atoms with E-state index < -0.39 is 6.10 Å². The number of hydrogen-bond acceptors (Lipinski definition) is 6. The summed E-state index contributed by atoms with van der Waals surface area (Å²) in [6, 6.07) is 0. The maximum Gasteiger partial charge on any atom is 0.306 e. The van der Waals surface area contributed by atoms with Crippen LogP contribution in [0.25, 0.3) is 0 Å². The van der Waals surface area contributed by atoms with Crippen molar-refractivity contribution in [1.29, 1.82) is 0 Å². The van der Waals surface area contributed by atoms with Crippen LogP contribution in [-0.2, 0) is 28.6 Å². The first-order valence-corrected chi connectivity index (χ1v) is 27.1. The number of rotatable bonds is 49. The highest BCUT2D eigenvalue weighted by atomic mass is 16.6. The van der Waals surface area contributed by atoms with Gasteiger partial charge in [-0.25, -0.2) is 0 Å². The van der Waals surface area contributed by atoms with Gasteiger partial charge in [-0.05, 0) is 83.5 Å². The number of carbonyl (C=O) groups is 3. The van der Waals surface area contributed by atoms with Crippen LogP contribution in [0.2, 0.25) is 0 Å². The molecular weight excluding hydrogens is 781 g/mol.